The molecule has 0 radical (unpaired) electrons. The Morgan fingerprint density at radius 1 is 1.21 bits per heavy atom. The fourth-order valence-corrected chi connectivity index (χ4v) is 1.95. The summed E-state index contributed by atoms with van der Waals surface area (Å²) in [6.45, 7) is 3.82. The molecule has 2 rings (SSSR count). The van der Waals surface area contributed by atoms with E-state index in [1.807, 2.05) is 6.08 Å². The second-order valence-corrected chi connectivity index (χ2v) is 3.80. The lowest BCUT2D eigenvalue weighted by Gasteiger charge is -2.03. The Morgan fingerprint density at radius 2 is 2.07 bits per heavy atom. The molecule has 0 aliphatic rings. The molecule has 0 saturated carbocycles. The maximum atomic E-state index is 3.82. The highest BCUT2D eigenvalue weighted by atomic mass is 79.9. The summed E-state index contributed by atoms with van der Waals surface area (Å²) in [7, 11) is 0. The fraction of sp³-hybridized carbons (Fsp3) is 0.0769. The number of benzene rings is 2. The van der Waals surface area contributed by atoms with Crippen LogP contribution in [0.3, 0.4) is 0 Å². The maximum Gasteiger partial charge on any atom is 0.0283 e. The van der Waals surface area contributed by atoms with Gasteiger partial charge in [-0.25, -0.2) is 0 Å². The van der Waals surface area contributed by atoms with Gasteiger partial charge in [0.1, 0.15) is 0 Å². The van der Waals surface area contributed by atoms with E-state index in [2.05, 4.69) is 58.9 Å². The van der Waals surface area contributed by atoms with Gasteiger partial charge in [-0.2, -0.15) is 0 Å². The van der Waals surface area contributed by atoms with Crippen LogP contribution in [0.1, 0.15) is 11.1 Å². The van der Waals surface area contributed by atoms with Crippen molar-refractivity contribution in [2.75, 3.05) is 0 Å². The van der Waals surface area contributed by atoms with Crippen molar-refractivity contribution in [1.29, 1.82) is 0 Å². The molecule has 70 valence electrons. The van der Waals surface area contributed by atoms with Crippen LogP contribution in [0.25, 0.3) is 16.8 Å². The van der Waals surface area contributed by atoms with E-state index in [9.17, 15) is 0 Å². The Labute approximate surface area is 92.4 Å². The minimum absolute atomic E-state index is 0.897. The van der Waals surface area contributed by atoms with Crippen LogP contribution >= 0.6 is 15.9 Å². The highest BCUT2D eigenvalue weighted by molar-refractivity contribution is 9.08. The van der Waals surface area contributed by atoms with Gasteiger partial charge in [-0.3, -0.25) is 0 Å². The zero-order valence-corrected chi connectivity index (χ0v) is 9.42. The summed E-state index contributed by atoms with van der Waals surface area (Å²) in [5, 5.41) is 3.44. The van der Waals surface area contributed by atoms with Crippen molar-refractivity contribution in [1.82, 2.24) is 0 Å². The van der Waals surface area contributed by atoms with Crippen LogP contribution in [0.15, 0.2) is 43.0 Å². The molecule has 0 heterocycles. The van der Waals surface area contributed by atoms with Crippen molar-refractivity contribution < 1.29 is 0 Å². The molecule has 0 atom stereocenters. The smallest absolute Gasteiger partial charge is 0.0283 e. The highest BCUT2D eigenvalue weighted by Crippen LogP contribution is 2.22. The minimum Gasteiger partial charge on any atom is -0.0984 e. The van der Waals surface area contributed by atoms with Gasteiger partial charge < -0.3 is 0 Å². The van der Waals surface area contributed by atoms with E-state index in [4.69, 9.17) is 0 Å². The number of halogens is 1. The average molecular weight is 247 g/mol. The zero-order valence-electron chi connectivity index (χ0n) is 7.83. The summed E-state index contributed by atoms with van der Waals surface area (Å²) < 4.78 is 0. The molecule has 0 bridgehead atoms. The van der Waals surface area contributed by atoms with E-state index in [0.29, 0.717) is 0 Å². The molecule has 2 aromatic carbocycles. The second-order valence-electron chi connectivity index (χ2n) is 3.24. The lowest BCUT2D eigenvalue weighted by molar-refractivity contribution is 1.46. The fourth-order valence-electron chi connectivity index (χ4n) is 1.61. The quantitative estimate of drug-likeness (QED) is 0.691. The van der Waals surface area contributed by atoms with Gasteiger partial charge >= 0.3 is 0 Å². The first-order chi connectivity index (χ1) is 6.85. The molecule has 2 aromatic rings. The van der Waals surface area contributed by atoms with Crippen LogP contribution in [0.2, 0.25) is 0 Å². The average Bonchev–Trinajstić information content (AvgIpc) is 2.27. The van der Waals surface area contributed by atoms with Gasteiger partial charge in [0.05, 0.1) is 0 Å². The Bertz CT molecular complexity index is 472. The van der Waals surface area contributed by atoms with Gasteiger partial charge in [-0.05, 0) is 28.0 Å². The predicted octanol–water partition coefficient (Wildman–Crippen LogP) is 4.38. The molecule has 0 nitrogen and oxygen atoms in total. The van der Waals surface area contributed by atoms with E-state index >= 15 is 0 Å². The molecule has 0 fully saturated rings. The standard InChI is InChI=1S/C13H11Br/c1-2-11-4-3-5-12-7-6-10(9-14)8-13(11)12/h2-8H,1,9H2. The van der Waals surface area contributed by atoms with Crippen molar-refractivity contribution >= 4 is 32.8 Å². The normalized spacial score (nSPS) is 10.4. The van der Waals surface area contributed by atoms with Crippen LogP contribution in [0.4, 0.5) is 0 Å². The van der Waals surface area contributed by atoms with Crippen molar-refractivity contribution in [3.63, 3.8) is 0 Å². The largest absolute Gasteiger partial charge is 0.0984 e. The van der Waals surface area contributed by atoms with Crippen molar-refractivity contribution in [3.05, 3.63) is 54.1 Å². The van der Waals surface area contributed by atoms with Crippen LogP contribution in [-0.2, 0) is 5.33 Å². The van der Waals surface area contributed by atoms with E-state index < -0.39 is 0 Å². The Kier molecular flexibility index (Phi) is 2.69. The zero-order chi connectivity index (χ0) is 9.97. The third kappa shape index (κ3) is 1.60. The summed E-state index contributed by atoms with van der Waals surface area (Å²) in [5.74, 6) is 0. The number of alkyl halides is 1. The molecule has 1 heteroatoms. The van der Waals surface area contributed by atoms with Gasteiger partial charge in [0.25, 0.3) is 0 Å². The van der Waals surface area contributed by atoms with E-state index in [-0.39, 0.29) is 0 Å². The molecule has 0 spiro atoms. The molecule has 0 saturated heterocycles. The third-order valence-electron chi connectivity index (χ3n) is 2.35. The van der Waals surface area contributed by atoms with E-state index in [0.717, 1.165) is 5.33 Å². The number of hydrogen-bond acceptors (Lipinski definition) is 0. The molecular weight excluding hydrogens is 236 g/mol. The Morgan fingerprint density at radius 3 is 2.79 bits per heavy atom. The predicted molar refractivity (Wildman–Crippen MR) is 66.7 cm³/mol. The maximum absolute atomic E-state index is 3.82. The summed E-state index contributed by atoms with van der Waals surface area (Å²) in [6, 6.07) is 12.8. The molecule has 0 aliphatic carbocycles. The second kappa shape index (κ2) is 3.97. The lowest BCUT2D eigenvalue weighted by atomic mass is 10.0. The van der Waals surface area contributed by atoms with Crippen LogP contribution < -0.4 is 0 Å². The van der Waals surface area contributed by atoms with Gasteiger partial charge in [-0.1, -0.05) is 58.9 Å². The van der Waals surface area contributed by atoms with Crippen LogP contribution in [-0.4, -0.2) is 0 Å². The lowest BCUT2D eigenvalue weighted by Crippen LogP contribution is -1.81. The van der Waals surface area contributed by atoms with Crippen LogP contribution in [0.5, 0.6) is 0 Å². The van der Waals surface area contributed by atoms with Gasteiger partial charge in [0.15, 0.2) is 0 Å². The molecule has 0 N–H and O–H groups in total. The summed E-state index contributed by atoms with van der Waals surface area (Å²) in [4.78, 5) is 0. The number of hydrogen-bond donors (Lipinski definition) is 0. The molecular formula is C13H11Br. The summed E-state index contributed by atoms with van der Waals surface area (Å²) >= 11 is 3.46. The Hall–Kier alpha value is -1.08. The molecule has 0 unspecified atom stereocenters. The first-order valence-corrected chi connectivity index (χ1v) is 5.67. The van der Waals surface area contributed by atoms with Crippen molar-refractivity contribution in [3.8, 4) is 0 Å². The van der Waals surface area contributed by atoms with Gasteiger partial charge in [0.2, 0.25) is 0 Å². The molecule has 0 amide bonds. The third-order valence-corrected chi connectivity index (χ3v) is 3.00. The first-order valence-electron chi connectivity index (χ1n) is 4.55. The molecule has 14 heavy (non-hydrogen) atoms. The Balaban J connectivity index is 2.76. The van der Waals surface area contributed by atoms with Crippen LogP contribution in [0, 0.1) is 0 Å². The summed E-state index contributed by atoms with van der Waals surface area (Å²) in [6.07, 6.45) is 1.90. The monoisotopic (exact) mass is 246 g/mol. The van der Waals surface area contributed by atoms with E-state index in [1.165, 1.54) is 21.9 Å². The summed E-state index contributed by atoms with van der Waals surface area (Å²) in [5.41, 5.74) is 2.50. The topological polar surface area (TPSA) is 0 Å². The number of rotatable bonds is 2. The van der Waals surface area contributed by atoms with Crippen molar-refractivity contribution in [2.24, 2.45) is 0 Å². The highest BCUT2D eigenvalue weighted by Gasteiger charge is 1.98. The number of fused-ring (bicyclic) bond motifs is 1. The SMILES string of the molecule is C=Cc1cccc2ccc(CBr)cc12. The van der Waals surface area contributed by atoms with Gasteiger partial charge in [-0.15, -0.1) is 0 Å². The van der Waals surface area contributed by atoms with Gasteiger partial charge in [0, 0.05) is 5.33 Å². The minimum atomic E-state index is 0.897. The molecule has 0 aliphatic heterocycles. The molecule has 0 aromatic heterocycles. The van der Waals surface area contributed by atoms with Crippen molar-refractivity contribution in [2.45, 2.75) is 5.33 Å². The first kappa shape index (κ1) is 9.47. The van der Waals surface area contributed by atoms with E-state index in [1.54, 1.807) is 0 Å².